The van der Waals surface area contributed by atoms with E-state index in [2.05, 4.69) is 9.97 Å². The van der Waals surface area contributed by atoms with E-state index >= 15 is 0 Å². The summed E-state index contributed by atoms with van der Waals surface area (Å²) in [5, 5.41) is 9.37. The lowest BCUT2D eigenvalue weighted by atomic mass is 10.1. The number of fused-ring (bicyclic) bond motifs is 1. The van der Waals surface area contributed by atoms with Crippen molar-refractivity contribution in [2.45, 2.75) is 32.5 Å². The van der Waals surface area contributed by atoms with Gasteiger partial charge in [-0.1, -0.05) is 0 Å². The molecule has 1 unspecified atom stereocenters. The number of aromatic nitrogens is 2. The second-order valence-electron chi connectivity index (χ2n) is 3.44. The number of aliphatic hydroxyl groups is 1. The first-order valence-electron chi connectivity index (χ1n) is 4.26. The molecule has 0 bridgehead atoms. The Labute approximate surface area is 75.6 Å². The van der Waals surface area contributed by atoms with Gasteiger partial charge in [0.1, 0.15) is 5.82 Å². The molecule has 0 aliphatic heterocycles. The van der Waals surface area contributed by atoms with Crippen molar-refractivity contribution in [2.75, 3.05) is 0 Å². The number of nitrogens with zero attached hydrogens (tertiary/aromatic N) is 2. The molecule has 1 heterocycles. The summed E-state index contributed by atoms with van der Waals surface area (Å²) in [7, 11) is 0. The van der Waals surface area contributed by atoms with Gasteiger partial charge in [-0.3, -0.25) is 0 Å². The van der Waals surface area contributed by atoms with Crippen LogP contribution < -0.4 is 0 Å². The molecule has 0 spiro atoms. The van der Waals surface area contributed by atoms with Crippen LogP contribution in [0.2, 0.25) is 0 Å². The van der Waals surface area contributed by atoms with Gasteiger partial charge in [-0.2, -0.15) is 0 Å². The zero-order valence-corrected chi connectivity index (χ0v) is 7.63. The summed E-state index contributed by atoms with van der Waals surface area (Å²) in [5.41, 5.74) is 1.47. The fraction of sp³-hybridized carbons (Fsp3) is 0.556. The van der Waals surface area contributed by atoms with Crippen molar-refractivity contribution >= 4 is 0 Å². The van der Waals surface area contributed by atoms with Crippen molar-refractivity contribution in [2.24, 2.45) is 0 Å². The van der Waals surface area contributed by atoms with E-state index in [-0.39, 0.29) is 12.0 Å². The zero-order chi connectivity index (χ0) is 9.64. The van der Waals surface area contributed by atoms with E-state index in [0.717, 1.165) is 0 Å². The summed E-state index contributed by atoms with van der Waals surface area (Å²) in [5.74, 6) is -1.58. The fourth-order valence-corrected chi connectivity index (χ4v) is 1.87. The Kier molecular flexibility index (Phi) is 1.63. The molecule has 0 saturated heterocycles. The minimum absolute atomic E-state index is 0.0985. The highest BCUT2D eigenvalue weighted by atomic mass is 19.2. The van der Waals surface area contributed by atoms with Gasteiger partial charge in [0.25, 0.3) is 0 Å². The zero-order valence-electron chi connectivity index (χ0n) is 7.63. The molecule has 0 saturated carbocycles. The van der Waals surface area contributed by atoms with Crippen LogP contribution in [-0.4, -0.2) is 15.1 Å². The summed E-state index contributed by atoms with van der Waals surface area (Å²) >= 11 is 0. The average Bonchev–Trinajstić information content (AvgIpc) is 2.26. The van der Waals surface area contributed by atoms with Gasteiger partial charge in [0, 0.05) is 6.42 Å². The number of alkyl halides is 1. The maximum atomic E-state index is 13.5. The molecule has 1 aromatic rings. The number of halogens is 1. The molecule has 1 N–H and O–H groups in total. The lowest BCUT2D eigenvalue weighted by Crippen LogP contribution is -2.17. The van der Waals surface area contributed by atoms with Gasteiger partial charge >= 0.3 is 0 Å². The maximum Gasteiger partial charge on any atom is 0.236 e. The Bertz CT molecular complexity index is 363. The van der Waals surface area contributed by atoms with Crippen molar-refractivity contribution in [3.05, 3.63) is 22.8 Å². The third-order valence-electron chi connectivity index (χ3n) is 2.35. The lowest BCUT2D eigenvalue weighted by molar-refractivity contribution is -0.0934. The van der Waals surface area contributed by atoms with Gasteiger partial charge in [-0.05, 0) is 20.3 Å². The van der Waals surface area contributed by atoms with Crippen LogP contribution in [0, 0.1) is 13.8 Å². The minimum Gasteiger partial charge on any atom is -0.358 e. The SMILES string of the molecule is Cc1nc(C)c2c(n1)CCC2(O)F. The molecule has 1 atom stereocenters. The molecule has 4 heteroatoms. The standard InChI is InChI=1S/C9H11FN2O/c1-5-8-7(12-6(2)11-5)3-4-9(8,10)13/h13H,3-4H2,1-2H3. The van der Waals surface area contributed by atoms with Gasteiger partial charge in [-0.15, -0.1) is 0 Å². The van der Waals surface area contributed by atoms with E-state index in [4.69, 9.17) is 0 Å². The molecule has 2 rings (SSSR count). The van der Waals surface area contributed by atoms with Crippen molar-refractivity contribution in [1.82, 2.24) is 9.97 Å². The molecule has 70 valence electrons. The van der Waals surface area contributed by atoms with E-state index in [1.807, 2.05) is 0 Å². The Morgan fingerprint density at radius 3 is 2.77 bits per heavy atom. The predicted molar refractivity (Wildman–Crippen MR) is 44.8 cm³/mol. The third-order valence-corrected chi connectivity index (χ3v) is 2.35. The van der Waals surface area contributed by atoms with Crippen molar-refractivity contribution in [3.8, 4) is 0 Å². The average molecular weight is 182 g/mol. The van der Waals surface area contributed by atoms with Gasteiger partial charge < -0.3 is 5.11 Å². The number of aryl methyl sites for hydroxylation is 3. The van der Waals surface area contributed by atoms with Crippen molar-refractivity contribution in [3.63, 3.8) is 0 Å². The van der Waals surface area contributed by atoms with Crippen LogP contribution in [0.15, 0.2) is 0 Å². The van der Waals surface area contributed by atoms with Gasteiger partial charge in [0.15, 0.2) is 0 Å². The van der Waals surface area contributed by atoms with Gasteiger partial charge in [0.05, 0.1) is 17.0 Å². The normalized spacial score (nSPS) is 26.2. The van der Waals surface area contributed by atoms with E-state index in [0.29, 0.717) is 23.6 Å². The highest BCUT2D eigenvalue weighted by Gasteiger charge is 2.39. The van der Waals surface area contributed by atoms with Crippen molar-refractivity contribution < 1.29 is 9.50 Å². The molecular formula is C9H11FN2O. The first-order chi connectivity index (χ1) is 6.00. The Balaban J connectivity index is 2.65. The number of rotatable bonds is 0. The quantitative estimate of drug-likeness (QED) is 0.654. The molecule has 13 heavy (non-hydrogen) atoms. The van der Waals surface area contributed by atoms with E-state index in [9.17, 15) is 9.50 Å². The summed E-state index contributed by atoms with van der Waals surface area (Å²) in [6.07, 6.45) is 0.591. The fourth-order valence-electron chi connectivity index (χ4n) is 1.87. The molecule has 3 nitrogen and oxygen atoms in total. The first-order valence-corrected chi connectivity index (χ1v) is 4.26. The second-order valence-corrected chi connectivity index (χ2v) is 3.44. The lowest BCUT2D eigenvalue weighted by Gasteiger charge is -2.14. The van der Waals surface area contributed by atoms with Crippen LogP contribution in [0.1, 0.15) is 29.2 Å². The van der Waals surface area contributed by atoms with E-state index < -0.39 is 5.85 Å². The maximum absolute atomic E-state index is 13.5. The van der Waals surface area contributed by atoms with Crippen LogP contribution in [-0.2, 0) is 12.3 Å². The van der Waals surface area contributed by atoms with Crippen LogP contribution in [0.25, 0.3) is 0 Å². The highest BCUT2D eigenvalue weighted by Crippen LogP contribution is 2.38. The molecule has 0 amide bonds. The monoisotopic (exact) mass is 182 g/mol. The smallest absolute Gasteiger partial charge is 0.236 e. The minimum atomic E-state index is -2.22. The molecule has 0 radical (unpaired) electrons. The van der Waals surface area contributed by atoms with E-state index in [1.54, 1.807) is 13.8 Å². The molecule has 0 aromatic carbocycles. The Hall–Kier alpha value is -1.03. The Morgan fingerprint density at radius 1 is 1.38 bits per heavy atom. The van der Waals surface area contributed by atoms with Gasteiger partial charge in [0.2, 0.25) is 5.85 Å². The third kappa shape index (κ3) is 1.21. The highest BCUT2D eigenvalue weighted by molar-refractivity contribution is 5.33. The molecular weight excluding hydrogens is 171 g/mol. The summed E-state index contributed by atoms with van der Waals surface area (Å²) < 4.78 is 13.5. The van der Waals surface area contributed by atoms with Crippen molar-refractivity contribution in [1.29, 1.82) is 0 Å². The molecule has 1 aromatic heterocycles. The molecule has 1 aliphatic rings. The molecule has 1 aliphatic carbocycles. The first kappa shape index (κ1) is 8.56. The number of hydrogen-bond donors (Lipinski definition) is 1. The Morgan fingerprint density at radius 2 is 2.08 bits per heavy atom. The van der Waals surface area contributed by atoms with Crippen LogP contribution >= 0.6 is 0 Å². The summed E-state index contributed by atoms with van der Waals surface area (Å²) in [6.45, 7) is 3.46. The largest absolute Gasteiger partial charge is 0.358 e. The summed E-state index contributed by atoms with van der Waals surface area (Å²) in [6, 6.07) is 0. The molecule has 0 fully saturated rings. The summed E-state index contributed by atoms with van der Waals surface area (Å²) in [4.78, 5) is 8.13. The predicted octanol–water partition coefficient (Wildman–Crippen LogP) is 1.15. The van der Waals surface area contributed by atoms with Crippen LogP contribution in [0.3, 0.4) is 0 Å². The second kappa shape index (κ2) is 2.48. The topological polar surface area (TPSA) is 46.0 Å². The van der Waals surface area contributed by atoms with Crippen LogP contribution in [0.4, 0.5) is 4.39 Å². The number of hydrogen-bond acceptors (Lipinski definition) is 3. The van der Waals surface area contributed by atoms with Gasteiger partial charge in [-0.25, -0.2) is 14.4 Å². The van der Waals surface area contributed by atoms with E-state index in [1.165, 1.54) is 0 Å². The van der Waals surface area contributed by atoms with Crippen LogP contribution in [0.5, 0.6) is 0 Å².